The number of likely N-dealkylation sites (tertiary alicyclic amines) is 1. The summed E-state index contributed by atoms with van der Waals surface area (Å²) in [5.41, 5.74) is 9.81. The van der Waals surface area contributed by atoms with Crippen LogP contribution in [0.25, 0.3) is 0 Å². The van der Waals surface area contributed by atoms with Crippen LogP contribution in [0.4, 0.5) is 11.4 Å². The molecule has 2 aromatic rings. The van der Waals surface area contributed by atoms with Gasteiger partial charge in [0.1, 0.15) is 5.75 Å². The van der Waals surface area contributed by atoms with Crippen molar-refractivity contribution in [1.82, 2.24) is 4.90 Å². The zero-order valence-electron chi connectivity index (χ0n) is 16.6. The molecule has 6 heteroatoms. The molecule has 2 aromatic carbocycles. The first-order chi connectivity index (χ1) is 13.4. The molecule has 1 heterocycles. The van der Waals surface area contributed by atoms with Crippen LogP contribution >= 0.6 is 0 Å². The highest BCUT2D eigenvalue weighted by molar-refractivity contribution is 5.96. The van der Waals surface area contributed by atoms with Crippen LogP contribution in [0, 0.1) is 19.8 Å². The smallest absolute Gasteiger partial charge is 0.253 e. The topological polar surface area (TPSA) is 84.7 Å². The van der Waals surface area contributed by atoms with Crippen LogP contribution in [-0.2, 0) is 4.79 Å². The molecule has 1 saturated heterocycles. The summed E-state index contributed by atoms with van der Waals surface area (Å²) >= 11 is 0. The van der Waals surface area contributed by atoms with Crippen molar-refractivity contribution < 1.29 is 14.3 Å². The maximum absolute atomic E-state index is 12.9. The maximum Gasteiger partial charge on any atom is 0.253 e. The molecule has 1 aliphatic heterocycles. The fourth-order valence-electron chi connectivity index (χ4n) is 3.71. The molecular formula is C22H27N3O3. The second-order valence-electron chi connectivity index (χ2n) is 7.41. The number of carbonyl (C=O) groups is 2. The summed E-state index contributed by atoms with van der Waals surface area (Å²) in [6, 6.07) is 11.0. The molecule has 0 bridgehead atoms. The van der Waals surface area contributed by atoms with Crippen LogP contribution in [0.3, 0.4) is 0 Å². The van der Waals surface area contributed by atoms with Gasteiger partial charge in [-0.05, 0) is 57.0 Å². The predicted octanol–water partition coefficient (Wildman–Crippen LogP) is 3.39. The molecule has 0 aromatic heterocycles. The highest BCUT2D eigenvalue weighted by atomic mass is 16.5. The Morgan fingerprint density at radius 3 is 2.50 bits per heavy atom. The molecule has 3 N–H and O–H groups in total. The Hall–Kier alpha value is -3.02. The molecule has 1 atom stereocenters. The van der Waals surface area contributed by atoms with Crippen molar-refractivity contribution in [2.75, 3.05) is 31.2 Å². The summed E-state index contributed by atoms with van der Waals surface area (Å²) in [6.45, 7) is 5.06. The molecule has 6 nitrogen and oxygen atoms in total. The first-order valence-electron chi connectivity index (χ1n) is 9.49. The van der Waals surface area contributed by atoms with Gasteiger partial charge in [0.15, 0.2) is 0 Å². The average molecular weight is 381 g/mol. The molecular weight excluding hydrogens is 354 g/mol. The van der Waals surface area contributed by atoms with Gasteiger partial charge in [0.2, 0.25) is 5.91 Å². The first-order valence-corrected chi connectivity index (χ1v) is 9.49. The molecule has 0 radical (unpaired) electrons. The number of anilines is 2. The zero-order valence-corrected chi connectivity index (χ0v) is 16.6. The van der Waals surface area contributed by atoms with Crippen LogP contribution in [0.5, 0.6) is 5.75 Å². The number of aryl methyl sites for hydroxylation is 2. The minimum atomic E-state index is -0.244. The van der Waals surface area contributed by atoms with Gasteiger partial charge >= 0.3 is 0 Å². The number of hydrogen-bond acceptors (Lipinski definition) is 4. The summed E-state index contributed by atoms with van der Waals surface area (Å²) in [7, 11) is 1.55. The molecule has 3 rings (SSSR count). The van der Waals surface area contributed by atoms with Crippen molar-refractivity contribution in [2.24, 2.45) is 5.92 Å². The SMILES string of the molecule is COc1ccc(NC(=O)C2CCCN(C(=O)c3cc(C)cc(C)c3)C2)cc1N. The summed E-state index contributed by atoms with van der Waals surface area (Å²) in [4.78, 5) is 27.4. The van der Waals surface area contributed by atoms with Crippen LogP contribution in [0.15, 0.2) is 36.4 Å². The number of carbonyl (C=O) groups excluding carboxylic acids is 2. The van der Waals surface area contributed by atoms with Gasteiger partial charge in [-0.2, -0.15) is 0 Å². The highest BCUT2D eigenvalue weighted by Gasteiger charge is 2.29. The van der Waals surface area contributed by atoms with E-state index in [1.165, 1.54) is 0 Å². The number of amides is 2. The van der Waals surface area contributed by atoms with Crippen molar-refractivity contribution in [3.8, 4) is 5.75 Å². The standard InChI is InChI=1S/C22H27N3O3/c1-14-9-15(2)11-17(10-14)22(27)25-8-4-5-16(13-25)21(26)24-18-6-7-20(28-3)19(23)12-18/h6-7,9-12,16H,4-5,8,13,23H2,1-3H3,(H,24,26). The van der Waals surface area contributed by atoms with Crippen LogP contribution < -0.4 is 15.8 Å². The molecule has 1 fully saturated rings. The van der Waals surface area contributed by atoms with Crippen molar-refractivity contribution >= 4 is 23.2 Å². The number of piperidine rings is 1. The van der Waals surface area contributed by atoms with Crippen LogP contribution in [-0.4, -0.2) is 36.9 Å². The highest BCUT2D eigenvalue weighted by Crippen LogP contribution is 2.26. The fourth-order valence-corrected chi connectivity index (χ4v) is 3.71. The predicted molar refractivity (Wildman–Crippen MR) is 111 cm³/mol. The number of nitrogens with one attached hydrogen (secondary N) is 1. The third-order valence-electron chi connectivity index (χ3n) is 5.05. The lowest BCUT2D eigenvalue weighted by atomic mass is 9.96. The summed E-state index contributed by atoms with van der Waals surface area (Å²) < 4.78 is 5.14. The van der Waals surface area contributed by atoms with Crippen LogP contribution in [0.1, 0.15) is 34.3 Å². The Balaban J connectivity index is 1.67. The van der Waals surface area contributed by atoms with Crippen molar-refractivity contribution in [3.63, 3.8) is 0 Å². The Labute approximate surface area is 165 Å². The summed E-state index contributed by atoms with van der Waals surface area (Å²) in [5.74, 6) is 0.216. The average Bonchev–Trinajstić information content (AvgIpc) is 2.67. The zero-order chi connectivity index (χ0) is 20.3. The number of nitrogens with two attached hydrogens (primary N) is 1. The van der Waals surface area contributed by atoms with Crippen molar-refractivity contribution in [2.45, 2.75) is 26.7 Å². The second-order valence-corrected chi connectivity index (χ2v) is 7.41. The van der Waals surface area contributed by atoms with Crippen LogP contribution in [0.2, 0.25) is 0 Å². The minimum absolute atomic E-state index is 0.0157. The quantitative estimate of drug-likeness (QED) is 0.795. The molecule has 1 unspecified atom stereocenters. The van der Waals surface area contributed by atoms with Gasteiger partial charge in [0.05, 0.1) is 18.7 Å². The largest absolute Gasteiger partial charge is 0.495 e. The number of rotatable bonds is 4. The lowest BCUT2D eigenvalue weighted by molar-refractivity contribution is -0.121. The maximum atomic E-state index is 12.9. The van der Waals surface area contributed by atoms with Gasteiger partial charge in [-0.15, -0.1) is 0 Å². The third kappa shape index (κ3) is 4.44. The van der Waals surface area contributed by atoms with E-state index in [0.717, 1.165) is 24.0 Å². The van der Waals surface area contributed by atoms with Gasteiger partial charge < -0.3 is 20.7 Å². The number of nitrogens with zero attached hydrogens (tertiary/aromatic N) is 1. The Kier molecular flexibility index (Phi) is 5.87. The van der Waals surface area contributed by atoms with E-state index in [9.17, 15) is 9.59 Å². The van der Waals surface area contributed by atoms with Crippen molar-refractivity contribution in [1.29, 1.82) is 0 Å². The van der Waals surface area contributed by atoms with E-state index in [4.69, 9.17) is 10.5 Å². The Morgan fingerprint density at radius 1 is 1.14 bits per heavy atom. The number of nitrogen functional groups attached to an aromatic ring is 1. The Morgan fingerprint density at radius 2 is 1.86 bits per heavy atom. The molecule has 0 saturated carbocycles. The number of benzene rings is 2. The monoisotopic (exact) mass is 381 g/mol. The molecule has 28 heavy (non-hydrogen) atoms. The van der Waals surface area contributed by atoms with E-state index < -0.39 is 0 Å². The number of methoxy groups -OCH3 is 1. The molecule has 0 aliphatic carbocycles. The number of hydrogen-bond donors (Lipinski definition) is 2. The van der Waals surface area contributed by atoms with Gasteiger partial charge in [0.25, 0.3) is 5.91 Å². The fraction of sp³-hybridized carbons (Fsp3) is 0.364. The van der Waals surface area contributed by atoms with Gasteiger partial charge in [-0.3, -0.25) is 9.59 Å². The van der Waals surface area contributed by atoms with E-state index >= 15 is 0 Å². The van der Waals surface area contributed by atoms with E-state index in [0.29, 0.717) is 35.8 Å². The molecule has 2 amide bonds. The molecule has 0 spiro atoms. The van der Waals surface area contributed by atoms with E-state index in [1.807, 2.05) is 32.0 Å². The third-order valence-corrected chi connectivity index (χ3v) is 5.05. The lowest BCUT2D eigenvalue weighted by Crippen LogP contribution is -2.43. The summed E-state index contributed by atoms with van der Waals surface area (Å²) in [5, 5.41) is 2.91. The van der Waals surface area contributed by atoms with E-state index in [2.05, 4.69) is 5.32 Å². The minimum Gasteiger partial charge on any atom is -0.495 e. The van der Waals surface area contributed by atoms with Gasteiger partial charge in [-0.25, -0.2) is 0 Å². The van der Waals surface area contributed by atoms with Gasteiger partial charge in [0, 0.05) is 24.3 Å². The molecule has 148 valence electrons. The normalized spacial score (nSPS) is 16.5. The van der Waals surface area contributed by atoms with E-state index in [1.54, 1.807) is 30.2 Å². The Bertz CT molecular complexity index is 874. The lowest BCUT2D eigenvalue weighted by Gasteiger charge is -2.32. The summed E-state index contributed by atoms with van der Waals surface area (Å²) in [6.07, 6.45) is 1.56. The second kappa shape index (κ2) is 8.33. The first kappa shape index (κ1) is 19.7. The van der Waals surface area contributed by atoms with Crippen molar-refractivity contribution in [3.05, 3.63) is 53.1 Å². The number of ether oxygens (including phenoxy) is 1. The van der Waals surface area contributed by atoms with Gasteiger partial charge in [-0.1, -0.05) is 17.2 Å². The van der Waals surface area contributed by atoms with E-state index in [-0.39, 0.29) is 17.7 Å². The molecule has 1 aliphatic rings.